The highest BCUT2D eigenvalue weighted by Crippen LogP contribution is 2.19. The molecule has 10 N–H and O–H groups in total. The third kappa shape index (κ3) is 8.62. The third-order valence-electron chi connectivity index (χ3n) is 5.52. The molecule has 0 saturated heterocycles. The van der Waals surface area contributed by atoms with E-state index in [2.05, 4.69) is 16.0 Å². The normalized spacial score (nSPS) is 16.3. The van der Waals surface area contributed by atoms with Crippen LogP contribution in [0.4, 0.5) is 0 Å². The van der Waals surface area contributed by atoms with Crippen molar-refractivity contribution in [1.29, 1.82) is 5.41 Å². The SMILES string of the molecule is CC(O)C(N)C(=O)NC(CC1=CCN(C(=N)N)C1)C(=O)NCCCC(=O)NC(C(=O)O)c1cccs1. The maximum absolute atomic E-state index is 12.8. The summed E-state index contributed by atoms with van der Waals surface area (Å²) in [6.07, 6.45) is 1.07. The van der Waals surface area contributed by atoms with Gasteiger partial charge in [-0.05, 0) is 31.2 Å². The zero-order chi connectivity index (χ0) is 26.8. The molecule has 4 unspecified atom stereocenters. The summed E-state index contributed by atoms with van der Waals surface area (Å²) < 4.78 is 0. The first kappa shape index (κ1) is 28.7. The summed E-state index contributed by atoms with van der Waals surface area (Å²) in [6.45, 7) is 2.23. The van der Waals surface area contributed by atoms with Gasteiger partial charge in [-0.25, -0.2) is 4.79 Å². The first-order valence-corrected chi connectivity index (χ1v) is 12.2. The molecule has 1 aliphatic heterocycles. The number of nitrogens with two attached hydrogens (primary N) is 2. The number of amides is 3. The van der Waals surface area contributed by atoms with Gasteiger partial charge in [-0.15, -0.1) is 11.3 Å². The van der Waals surface area contributed by atoms with Crippen LogP contribution in [0.1, 0.15) is 37.1 Å². The van der Waals surface area contributed by atoms with Crippen molar-refractivity contribution in [3.8, 4) is 0 Å². The minimum atomic E-state index is -1.22. The standard InChI is InChI=1S/C22H33N7O6S/c1-12(30)17(23)20(33)27-14(10-13-6-8-29(11-13)22(24)25)19(32)26-7-2-5-16(31)28-18(21(34)35)15-4-3-9-36-15/h3-4,6,9,12,14,17-18,30H,2,5,7-8,10-11,23H2,1H3,(H3,24,25)(H,26,32)(H,27,33)(H,28,31)(H,34,35). The molecule has 198 valence electrons. The second-order valence-corrected chi connectivity index (χ2v) is 9.39. The minimum Gasteiger partial charge on any atom is -0.479 e. The van der Waals surface area contributed by atoms with Crippen molar-refractivity contribution in [2.75, 3.05) is 19.6 Å². The lowest BCUT2D eigenvalue weighted by molar-refractivity contribution is -0.142. The number of aliphatic carboxylic acids is 1. The first-order valence-electron chi connectivity index (χ1n) is 11.3. The van der Waals surface area contributed by atoms with E-state index >= 15 is 0 Å². The third-order valence-corrected chi connectivity index (χ3v) is 6.45. The second kappa shape index (κ2) is 13.6. The number of hydrogen-bond donors (Lipinski definition) is 8. The summed E-state index contributed by atoms with van der Waals surface area (Å²) in [5, 5.41) is 35.9. The molecule has 4 atom stereocenters. The van der Waals surface area contributed by atoms with E-state index in [1.54, 1.807) is 22.4 Å². The van der Waals surface area contributed by atoms with Crippen LogP contribution in [0.25, 0.3) is 0 Å². The Bertz CT molecular complexity index is 982. The number of aliphatic hydroxyl groups is 1. The van der Waals surface area contributed by atoms with Crippen LogP contribution in [0.2, 0.25) is 0 Å². The van der Waals surface area contributed by atoms with Crippen LogP contribution >= 0.6 is 11.3 Å². The van der Waals surface area contributed by atoms with Crippen LogP contribution in [0, 0.1) is 5.41 Å². The van der Waals surface area contributed by atoms with Gasteiger partial charge in [-0.1, -0.05) is 17.7 Å². The Morgan fingerprint density at radius 3 is 2.53 bits per heavy atom. The highest BCUT2D eigenvalue weighted by Gasteiger charge is 2.28. The van der Waals surface area contributed by atoms with Gasteiger partial charge < -0.3 is 42.5 Å². The molecule has 0 saturated carbocycles. The molecule has 0 fully saturated rings. The zero-order valence-corrected chi connectivity index (χ0v) is 20.7. The van der Waals surface area contributed by atoms with Crippen LogP contribution in [0.15, 0.2) is 29.2 Å². The molecule has 1 aliphatic rings. The summed E-state index contributed by atoms with van der Waals surface area (Å²) in [6, 6.07) is -0.0402. The predicted molar refractivity (Wildman–Crippen MR) is 133 cm³/mol. The molecule has 2 heterocycles. The van der Waals surface area contributed by atoms with E-state index in [-0.39, 0.29) is 31.8 Å². The number of thiophene rings is 1. The monoisotopic (exact) mass is 523 g/mol. The van der Waals surface area contributed by atoms with Gasteiger partial charge in [0.25, 0.3) is 0 Å². The largest absolute Gasteiger partial charge is 0.479 e. The van der Waals surface area contributed by atoms with Gasteiger partial charge >= 0.3 is 5.97 Å². The number of nitrogens with one attached hydrogen (secondary N) is 4. The van der Waals surface area contributed by atoms with Crippen LogP contribution in [-0.2, 0) is 19.2 Å². The van der Waals surface area contributed by atoms with Crippen molar-refractivity contribution in [3.63, 3.8) is 0 Å². The Hall–Kier alpha value is -3.49. The van der Waals surface area contributed by atoms with E-state index in [9.17, 15) is 29.4 Å². The number of hydrogen-bond acceptors (Lipinski definition) is 8. The van der Waals surface area contributed by atoms with E-state index in [0.29, 0.717) is 18.0 Å². The molecule has 0 radical (unpaired) electrons. The maximum atomic E-state index is 12.8. The highest BCUT2D eigenvalue weighted by atomic mass is 32.1. The molecule has 1 aromatic rings. The number of carboxylic acids is 1. The quantitative estimate of drug-likeness (QED) is 0.0658. The molecule has 1 aromatic heterocycles. The van der Waals surface area contributed by atoms with Gasteiger partial charge in [0.15, 0.2) is 12.0 Å². The highest BCUT2D eigenvalue weighted by molar-refractivity contribution is 7.10. The number of aliphatic hydroxyl groups excluding tert-OH is 1. The van der Waals surface area contributed by atoms with E-state index < -0.39 is 47.9 Å². The van der Waals surface area contributed by atoms with E-state index in [1.165, 1.54) is 18.3 Å². The fourth-order valence-electron chi connectivity index (χ4n) is 3.43. The second-order valence-electron chi connectivity index (χ2n) is 8.41. The molecule has 3 amide bonds. The van der Waals surface area contributed by atoms with Crippen molar-refractivity contribution in [2.45, 2.75) is 50.4 Å². The molecular weight excluding hydrogens is 490 g/mol. The topological polar surface area (TPSA) is 224 Å². The Morgan fingerprint density at radius 1 is 1.25 bits per heavy atom. The van der Waals surface area contributed by atoms with Crippen LogP contribution < -0.4 is 27.4 Å². The lowest BCUT2D eigenvalue weighted by atomic mass is 10.0. The summed E-state index contributed by atoms with van der Waals surface area (Å²) in [7, 11) is 0. The fraction of sp³-hybridized carbons (Fsp3) is 0.500. The van der Waals surface area contributed by atoms with Crippen molar-refractivity contribution >= 4 is 41.0 Å². The van der Waals surface area contributed by atoms with Crippen molar-refractivity contribution < 1.29 is 29.4 Å². The number of carbonyl (C=O) groups excluding carboxylic acids is 3. The number of rotatable bonds is 13. The average Bonchev–Trinajstić information content (AvgIpc) is 3.51. The zero-order valence-electron chi connectivity index (χ0n) is 19.9. The lowest BCUT2D eigenvalue weighted by Gasteiger charge is -2.23. The number of nitrogens with zero attached hydrogens (tertiary/aromatic N) is 1. The minimum absolute atomic E-state index is 0.0158. The molecule has 36 heavy (non-hydrogen) atoms. The van der Waals surface area contributed by atoms with Gasteiger partial charge in [0, 0.05) is 30.9 Å². The first-order chi connectivity index (χ1) is 17.0. The van der Waals surface area contributed by atoms with Crippen LogP contribution in [0.5, 0.6) is 0 Å². The van der Waals surface area contributed by atoms with Gasteiger partial charge in [-0.2, -0.15) is 0 Å². The Kier molecular flexibility index (Phi) is 10.8. The fourth-order valence-corrected chi connectivity index (χ4v) is 4.20. The molecule has 0 bridgehead atoms. The number of carbonyl (C=O) groups is 4. The smallest absolute Gasteiger partial charge is 0.331 e. The van der Waals surface area contributed by atoms with Crippen molar-refractivity contribution in [2.24, 2.45) is 11.5 Å². The van der Waals surface area contributed by atoms with Crippen LogP contribution in [-0.4, -0.2) is 82.6 Å². The predicted octanol–water partition coefficient (Wildman–Crippen LogP) is -1.40. The molecule has 0 spiro atoms. The molecular formula is C22H33N7O6S. The molecule has 0 aromatic carbocycles. The molecule has 2 rings (SSSR count). The summed E-state index contributed by atoms with van der Waals surface area (Å²) >= 11 is 1.22. The Balaban J connectivity index is 1.89. The molecule has 13 nitrogen and oxygen atoms in total. The molecule has 0 aliphatic carbocycles. The molecule has 14 heteroatoms. The number of carboxylic acid groups (broad SMARTS) is 1. The van der Waals surface area contributed by atoms with Gasteiger partial charge in [0.1, 0.15) is 12.1 Å². The van der Waals surface area contributed by atoms with E-state index in [4.69, 9.17) is 16.9 Å². The van der Waals surface area contributed by atoms with Gasteiger partial charge in [-0.3, -0.25) is 19.8 Å². The van der Waals surface area contributed by atoms with Crippen molar-refractivity contribution in [3.05, 3.63) is 34.0 Å². The van der Waals surface area contributed by atoms with Gasteiger partial charge in [0.05, 0.1) is 6.10 Å². The number of guanidine groups is 1. The lowest BCUT2D eigenvalue weighted by Crippen LogP contribution is -2.54. The van der Waals surface area contributed by atoms with E-state index in [1.807, 2.05) is 6.08 Å². The van der Waals surface area contributed by atoms with Crippen molar-refractivity contribution in [1.82, 2.24) is 20.9 Å². The van der Waals surface area contributed by atoms with E-state index in [0.717, 1.165) is 5.57 Å². The Morgan fingerprint density at radius 2 is 1.97 bits per heavy atom. The summed E-state index contributed by atoms with van der Waals surface area (Å²) in [5.74, 6) is -2.95. The van der Waals surface area contributed by atoms with Crippen LogP contribution in [0.3, 0.4) is 0 Å². The average molecular weight is 524 g/mol. The summed E-state index contributed by atoms with van der Waals surface area (Å²) in [5.41, 5.74) is 12.0. The Labute approximate surface area is 212 Å². The van der Waals surface area contributed by atoms with Gasteiger partial charge in [0.2, 0.25) is 17.7 Å². The summed E-state index contributed by atoms with van der Waals surface area (Å²) in [4.78, 5) is 51.0. The maximum Gasteiger partial charge on any atom is 0.331 e.